The van der Waals surface area contributed by atoms with Gasteiger partial charge in [-0.05, 0) is 43.7 Å². The molecule has 0 saturated carbocycles. The van der Waals surface area contributed by atoms with E-state index in [4.69, 9.17) is 14.5 Å². The second kappa shape index (κ2) is 10.0. The van der Waals surface area contributed by atoms with E-state index in [-0.39, 0.29) is 0 Å². The Labute approximate surface area is 194 Å². The van der Waals surface area contributed by atoms with E-state index in [1.54, 1.807) is 0 Å². The van der Waals surface area contributed by atoms with Gasteiger partial charge in [0.15, 0.2) is 11.5 Å². The first kappa shape index (κ1) is 22.8. The van der Waals surface area contributed by atoms with Crippen molar-refractivity contribution in [2.75, 3.05) is 26.3 Å². The van der Waals surface area contributed by atoms with Crippen LogP contribution in [0.2, 0.25) is 0 Å². The van der Waals surface area contributed by atoms with E-state index in [0.717, 1.165) is 35.4 Å². The average molecular weight is 447 g/mol. The summed E-state index contributed by atoms with van der Waals surface area (Å²) in [6.45, 7) is 9.28. The van der Waals surface area contributed by atoms with Crippen molar-refractivity contribution in [1.82, 2.24) is 9.88 Å². The number of pyridine rings is 1. The van der Waals surface area contributed by atoms with Gasteiger partial charge >= 0.3 is 5.97 Å². The van der Waals surface area contributed by atoms with Gasteiger partial charge in [-0.1, -0.05) is 44.2 Å². The number of aromatic nitrogens is 1. The Morgan fingerprint density at radius 2 is 1.91 bits per heavy atom. The van der Waals surface area contributed by atoms with Gasteiger partial charge < -0.3 is 14.6 Å². The molecular formula is C27H30N2O4. The maximum atomic E-state index is 12.3. The number of hydrogen-bond donors (Lipinski definition) is 1. The van der Waals surface area contributed by atoms with Gasteiger partial charge in [-0.2, -0.15) is 0 Å². The van der Waals surface area contributed by atoms with E-state index < -0.39 is 5.97 Å². The summed E-state index contributed by atoms with van der Waals surface area (Å²) in [6.07, 6.45) is 2.96. The number of benzene rings is 2. The van der Waals surface area contributed by atoms with Crippen LogP contribution >= 0.6 is 0 Å². The van der Waals surface area contributed by atoms with Gasteiger partial charge in [0, 0.05) is 29.6 Å². The van der Waals surface area contributed by atoms with Crippen molar-refractivity contribution < 1.29 is 19.4 Å². The van der Waals surface area contributed by atoms with E-state index in [1.807, 2.05) is 49.4 Å². The Morgan fingerprint density at radius 1 is 1.09 bits per heavy atom. The molecule has 6 heteroatoms. The molecule has 0 bridgehead atoms. The van der Waals surface area contributed by atoms with Gasteiger partial charge in [0.05, 0.1) is 30.0 Å². The zero-order chi connectivity index (χ0) is 23.4. The second-order valence-corrected chi connectivity index (χ2v) is 8.07. The van der Waals surface area contributed by atoms with Gasteiger partial charge in [-0.15, -0.1) is 0 Å². The van der Waals surface area contributed by atoms with Crippen molar-refractivity contribution in [2.45, 2.75) is 33.7 Å². The summed E-state index contributed by atoms with van der Waals surface area (Å²) >= 11 is 0. The molecule has 6 nitrogen and oxygen atoms in total. The maximum absolute atomic E-state index is 12.3. The number of likely N-dealkylation sites (N-methyl/N-ethyl adjacent to an activating group) is 1. The fourth-order valence-corrected chi connectivity index (χ4v) is 4.31. The van der Waals surface area contributed by atoms with Crippen molar-refractivity contribution in [1.29, 1.82) is 0 Å². The van der Waals surface area contributed by atoms with Crippen LogP contribution in [-0.2, 0) is 6.54 Å². The van der Waals surface area contributed by atoms with E-state index >= 15 is 0 Å². The molecule has 0 saturated heterocycles. The highest BCUT2D eigenvalue weighted by Gasteiger charge is 2.28. The number of aromatic carboxylic acids is 1. The SMILES string of the molecule is CCCOc1c(/C=C2\CN(CC)Cc3c2nc2ccccc2c3C(=O)O)cccc1OCC. The number of hydrogen-bond acceptors (Lipinski definition) is 5. The zero-order valence-corrected chi connectivity index (χ0v) is 19.4. The largest absolute Gasteiger partial charge is 0.490 e. The third kappa shape index (κ3) is 4.57. The summed E-state index contributed by atoms with van der Waals surface area (Å²) in [5, 5.41) is 10.8. The van der Waals surface area contributed by atoms with Crippen LogP contribution in [0.3, 0.4) is 0 Å². The fraction of sp³-hybridized carbons (Fsp3) is 0.333. The highest BCUT2D eigenvalue weighted by Crippen LogP contribution is 2.37. The third-order valence-corrected chi connectivity index (χ3v) is 5.82. The summed E-state index contributed by atoms with van der Waals surface area (Å²) in [6, 6.07) is 13.3. The maximum Gasteiger partial charge on any atom is 0.336 e. The van der Waals surface area contributed by atoms with Gasteiger partial charge in [0.1, 0.15) is 0 Å². The Morgan fingerprint density at radius 3 is 2.64 bits per heavy atom. The van der Waals surface area contributed by atoms with Crippen molar-refractivity contribution in [3.8, 4) is 11.5 Å². The number of carboxylic acids is 1. The predicted octanol–water partition coefficient (Wildman–Crippen LogP) is 5.50. The minimum atomic E-state index is -0.924. The van der Waals surface area contributed by atoms with Crippen LogP contribution in [0.5, 0.6) is 11.5 Å². The number of carboxylic acid groups (broad SMARTS) is 1. The van der Waals surface area contributed by atoms with Gasteiger partial charge in [-0.3, -0.25) is 4.90 Å². The van der Waals surface area contributed by atoms with E-state index in [2.05, 4.69) is 24.8 Å². The first-order chi connectivity index (χ1) is 16.1. The molecule has 172 valence electrons. The monoisotopic (exact) mass is 446 g/mol. The third-order valence-electron chi connectivity index (χ3n) is 5.82. The number of rotatable bonds is 8. The second-order valence-electron chi connectivity index (χ2n) is 8.07. The van der Waals surface area contributed by atoms with Crippen LogP contribution in [0.15, 0.2) is 42.5 Å². The quantitative estimate of drug-likeness (QED) is 0.493. The molecule has 33 heavy (non-hydrogen) atoms. The lowest BCUT2D eigenvalue weighted by Crippen LogP contribution is -2.31. The molecule has 1 N–H and O–H groups in total. The van der Waals surface area contributed by atoms with Gasteiger partial charge in [0.2, 0.25) is 0 Å². The molecule has 1 aliphatic rings. The minimum Gasteiger partial charge on any atom is -0.490 e. The summed E-state index contributed by atoms with van der Waals surface area (Å²) in [4.78, 5) is 19.5. The van der Waals surface area contributed by atoms with Crippen LogP contribution in [0, 0.1) is 0 Å². The van der Waals surface area contributed by atoms with E-state index in [9.17, 15) is 9.90 Å². The van der Waals surface area contributed by atoms with E-state index in [1.165, 1.54) is 0 Å². The highest BCUT2D eigenvalue weighted by molar-refractivity contribution is 6.06. The normalized spacial score (nSPS) is 14.9. The van der Waals surface area contributed by atoms with Crippen molar-refractivity contribution >= 4 is 28.5 Å². The van der Waals surface area contributed by atoms with Crippen LogP contribution in [0.4, 0.5) is 0 Å². The Bertz CT molecular complexity index is 1200. The van der Waals surface area contributed by atoms with Crippen molar-refractivity contribution in [2.24, 2.45) is 0 Å². The first-order valence-electron chi connectivity index (χ1n) is 11.5. The summed E-state index contributed by atoms with van der Waals surface area (Å²) < 4.78 is 11.9. The van der Waals surface area contributed by atoms with Gasteiger partial charge in [0.25, 0.3) is 0 Å². The molecule has 2 heterocycles. The predicted molar refractivity (Wildman–Crippen MR) is 131 cm³/mol. The molecule has 0 unspecified atom stereocenters. The Kier molecular flexibility index (Phi) is 6.94. The van der Waals surface area contributed by atoms with Crippen LogP contribution in [-0.4, -0.2) is 47.3 Å². The molecule has 3 aromatic rings. The Hall–Kier alpha value is -3.38. The molecule has 0 fully saturated rings. The lowest BCUT2D eigenvalue weighted by Gasteiger charge is -2.30. The molecule has 0 aliphatic carbocycles. The molecule has 0 amide bonds. The molecule has 0 atom stereocenters. The van der Waals surface area contributed by atoms with Crippen molar-refractivity contribution in [3.63, 3.8) is 0 Å². The highest BCUT2D eigenvalue weighted by atomic mass is 16.5. The standard InChI is InChI=1S/C27H30N2O4/c1-4-14-33-26-18(10-9-13-23(26)32-6-3)15-19-16-29(5-2)17-21-24(27(30)31)20-11-7-8-12-22(20)28-25(19)21/h7-13,15H,4-6,14,16-17H2,1-3H3,(H,30,31)/b19-15+. The molecule has 1 aromatic heterocycles. The molecule has 1 aliphatic heterocycles. The first-order valence-corrected chi connectivity index (χ1v) is 11.5. The number of para-hydroxylation sites is 2. The average Bonchev–Trinajstić information content (AvgIpc) is 2.82. The van der Waals surface area contributed by atoms with Crippen LogP contribution < -0.4 is 9.47 Å². The van der Waals surface area contributed by atoms with Gasteiger partial charge in [-0.25, -0.2) is 9.78 Å². The molecule has 0 radical (unpaired) electrons. The zero-order valence-electron chi connectivity index (χ0n) is 19.4. The fourth-order valence-electron chi connectivity index (χ4n) is 4.31. The summed E-state index contributed by atoms with van der Waals surface area (Å²) in [5.74, 6) is 0.497. The summed E-state index contributed by atoms with van der Waals surface area (Å²) in [7, 11) is 0. The molecule has 4 rings (SSSR count). The molecule has 2 aromatic carbocycles. The Balaban J connectivity index is 1.94. The lowest BCUT2D eigenvalue weighted by atomic mass is 9.92. The number of ether oxygens (including phenoxy) is 2. The topological polar surface area (TPSA) is 71.9 Å². The van der Waals surface area contributed by atoms with E-state index in [0.29, 0.717) is 54.3 Å². The lowest BCUT2D eigenvalue weighted by molar-refractivity contribution is 0.0696. The molecular weight excluding hydrogens is 416 g/mol. The van der Waals surface area contributed by atoms with Crippen LogP contribution in [0.1, 0.15) is 54.4 Å². The number of fused-ring (bicyclic) bond motifs is 2. The number of carbonyl (C=O) groups is 1. The minimum absolute atomic E-state index is 0.338. The molecule has 0 spiro atoms. The smallest absolute Gasteiger partial charge is 0.336 e. The van der Waals surface area contributed by atoms with Crippen molar-refractivity contribution in [3.05, 3.63) is 64.8 Å². The van der Waals surface area contributed by atoms with Crippen LogP contribution in [0.25, 0.3) is 22.6 Å². The summed E-state index contributed by atoms with van der Waals surface area (Å²) in [5.41, 5.74) is 4.42. The number of nitrogens with zero attached hydrogens (tertiary/aromatic N) is 2.